The molecule has 0 unspecified atom stereocenters. The van der Waals surface area contributed by atoms with Crippen molar-refractivity contribution in [3.63, 3.8) is 0 Å². The van der Waals surface area contributed by atoms with Crippen LogP contribution in [0.25, 0.3) is 5.69 Å². The van der Waals surface area contributed by atoms with Gasteiger partial charge in [-0.3, -0.25) is 0 Å². The van der Waals surface area contributed by atoms with Gasteiger partial charge in [-0.15, -0.1) is 0 Å². The van der Waals surface area contributed by atoms with Crippen LogP contribution >= 0.6 is 12.2 Å². The Morgan fingerprint density at radius 3 is 1.87 bits per heavy atom. The molecule has 1 heterocycles. The number of ether oxygens (including phenoxy) is 2. The van der Waals surface area contributed by atoms with Gasteiger partial charge in [0.1, 0.15) is 11.2 Å². The summed E-state index contributed by atoms with van der Waals surface area (Å²) in [6.07, 6.45) is 3.54. The van der Waals surface area contributed by atoms with Gasteiger partial charge in [-0.05, 0) is 84.1 Å². The number of carbonyl (C=O) groups is 2. The van der Waals surface area contributed by atoms with Gasteiger partial charge in [-0.25, -0.2) is 9.59 Å². The van der Waals surface area contributed by atoms with Crippen molar-refractivity contribution in [2.45, 2.75) is 58.3 Å². The molecule has 0 spiro atoms. The number of anilines is 1. The Hall–Kier alpha value is -2.91. The molecule has 9 heteroatoms. The summed E-state index contributed by atoms with van der Waals surface area (Å²) in [7, 11) is 0. The molecule has 0 amide bonds. The van der Waals surface area contributed by atoms with Crippen LogP contribution < -0.4 is 16.8 Å². The molecule has 0 aliphatic rings. The largest absolute Gasteiger partial charge is 0.458 e. The maximum atomic E-state index is 13.3. The van der Waals surface area contributed by atoms with E-state index >= 15 is 0 Å². The van der Waals surface area contributed by atoms with E-state index in [1.165, 1.54) is 0 Å². The van der Waals surface area contributed by atoms with Gasteiger partial charge in [0.15, 0.2) is 5.11 Å². The fourth-order valence-corrected chi connectivity index (χ4v) is 2.93. The van der Waals surface area contributed by atoms with Crippen molar-refractivity contribution < 1.29 is 19.1 Å². The number of hydrogen-bond acceptors (Lipinski definition) is 6. The van der Waals surface area contributed by atoms with Crippen molar-refractivity contribution in [1.29, 1.82) is 0 Å². The average Bonchev–Trinajstić information content (AvgIpc) is 3.11. The van der Waals surface area contributed by atoms with Crippen LogP contribution in [0.5, 0.6) is 0 Å². The van der Waals surface area contributed by atoms with Crippen LogP contribution in [0, 0.1) is 0 Å². The van der Waals surface area contributed by atoms with Gasteiger partial charge in [-0.1, -0.05) is 0 Å². The Labute approximate surface area is 187 Å². The van der Waals surface area contributed by atoms with Crippen LogP contribution in [-0.2, 0) is 24.6 Å². The van der Waals surface area contributed by atoms with Crippen LogP contribution in [0.4, 0.5) is 5.69 Å². The first-order valence-corrected chi connectivity index (χ1v) is 10.1. The van der Waals surface area contributed by atoms with E-state index in [2.05, 4.69) is 5.32 Å². The molecular weight excluding hydrogens is 416 g/mol. The number of nitrogens with one attached hydrogen (secondary N) is 1. The van der Waals surface area contributed by atoms with Crippen LogP contribution in [0.1, 0.15) is 47.1 Å². The van der Waals surface area contributed by atoms with Crippen molar-refractivity contribution in [2.24, 2.45) is 11.5 Å². The summed E-state index contributed by atoms with van der Waals surface area (Å²) < 4.78 is 12.8. The zero-order chi connectivity index (χ0) is 23.6. The molecule has 2 rings (SSSR count). The lowest BCUT2D eigenvalue weighted by atomic mass is 9.88. The first-order valence-electron chi connectivity index (χ1n) is 9.73. The molecule has 8 nitrogen and oxygen atoms in total. The molecule has 5 N–H and O–H groups in total. The number of benzene rings is 1. The molecule has 1 aromatic carbocycles. The van der Waals surface area contributed by atoms with Gasteiger partial charge < -0.3 is 30.8 Å². The summed E-state index contributed by atoms with van der Waals surface area (Å²) in [6.45, 7) is 10.2. The van der Waals surface area contributed by atoms with Gasteiger partial charge in [0.25, 0.3) is 0 Å². The van der Waals surface area contributed by atoms with Crippen LogP contribution in [0.15, 0.2) is 42.7 Å². The van der Waals surface area contributed by atoms with Crippen molar-refractivity contribution in [3.8, 4) is 5.69 Å². The van der Waals surface area contributed by atoms with E-state index in [0.29, 0.717) is 11.4 Å². The first kappa shape index (κ1) is 24.4. The standard InChI is InChI=1S/C22H30N4O4S/c1-20(2,3)29-17(27)22(24,18(28)30-21(4,5)6)15-13-14(25-19(23)31)9-10-16(15)26-11-7-8-12-26/h7-13H,24H2,1-6H3,(H3,23,25,31). The minimum Gasteiger partial charge on any atom is -0.458 e. The maximum absolute atomic E-state index is 13.3. The number of hydrogen-bond donors (Lipinski definition) is 3. The van der Waals surface area contributed by atoms with E-state index in [0.717, 1.165) is 0 Å². The normalized spacial score (nSPS) is 12.2. The molecular formula is C22H30N4O4S. The maximum Gasteiger partial charge on any atom is 0.343 e. The molecule has 2 aromatic rings. The zero-order valence-corrected chi connectivity index (χ0v) is 19.5. The lowest BCUT2D eigenvalue weighted by Crippen LogP contribution is -2.56. The van der Waals surface area contributed by atoms with E-state index in [1.54, 1.807) is 76.7 Å². The molecule has 0 saturated heterocycles. The second-order valence-corrected chi connectivity index (χ2v) is 9.56. The minimum absolute atomic E-state index is 0.0248. The topological polar surface area (TPSA) is 122 Å². The summed E-state index contributed by atoms with van der Waals surface area (Å²) in [5.74, 6) is -1.87. The Morgan fingerprint density at radius 1 is 0.968 bits per heavy atom. The fourth-order valence-electron chi connectivity index (χ4n) is 2.81. The summed E-state index contributed by atoms with van der Waals surface area (Å²) >= 11 is 4.92. The summed E-state index contributed by atoms with van der Waals surface area (Å²) in [5.41, 5.74) is 9.29. The van der Waals surface area contributed by atoms with E-state index in [4.69, 9.17) is 33.2 Å². The number of nitrogens with zero attached hydrogens (tertiary/aromatic N) is 1. The van der Waals surface area contributed by atoms with E-state index in [-0.39, 0.29) is 10.7 Å². The van der Waals surface area contributed by atoms with Crippen LogP contribution in [-0.4, -0.2) is 32.8 Å². The van der Waals surface area contributed by atoms with E-state index < -0.39 is 28.7 Å². The molecule has 0 radical (unpaired) electrons. The molecule has 1 aromatic heterocycles. The quantitative estimate of drug-likeness (QED) is 0.364. The Balaban J connectivity index is 2.77. The van der Waals surface area contributed by atoms with Gasteiger partial charge in [0.05, 0.1) is 5.69 Å². The number of aromatic nitrogens is 1. The predicted molar refractivity (Wildman–Crippen MR) is 124 cm³/mol. The Kier molecular flexibility index (Phi) is 6.82. The lowest BCUT2D eigenvalue weighted by Gasteiger charge is -2.33. The SMILES string of the molecule is CC(C)(C)OC(=O)C(N)(C(=O)OC(C)(C)C)c1cc(NC(N)=S)ccc1-n1cccc1. The van der Waals surface area contributed by atoms with Crippen molar-refractivity contribution in [1.82, 2.24) is 4.57 Å². The third-order valence-corrected chi connectivity index (χ3v) is 4.12. The van der Waals surface area contributed by atoms with Gasteiger partial charge in [0.2, 0.25) is 5.54 Å². The average molecular weight is 447 g/mol. The lowest BCUT2D eigenvalue weighted by molar-refractivity contribution is -0.177. The van der Waals surface area contributed by atoms with E-state index in [9.17, 15) is 9.59 Å². The number of esters is 2. The molecule has 0 aliphatic heterocycles. The summed E-state index contributed by atoms with van der Waals surface area (Å²) in [6, 6.07) is 8.57. The van der Waals surface area contributed by atoms with Crippen LogP contribution in [0.2, 0.25) is 0 Å². The number of nitrogens with two attached hydrogens (primary N) is 2. The first-order chi connectivity index (χ1) is 14.1. The molecule has 0 bridgehead atoms. The monoisotopic (exact) mass is 446 g/mol. The zero-order valence-electron chi connectivity index (χ0n) is 18.7. The Bertz CT molecular complexity index is 944. The molecule has 0 aliphatic carbocycles. The number of thiocarbonyl (C=S) groups is 1. The molecule has 168 valence electrons. The third-order valence-electron chi connectivity index (χ3n) is 4.01. The van der Waals surface area contributed by atoms with E-state index in [1.807, 2.05) is 12.1 Å². The highest BCUT2D eigenvalue weighted by Gasteiger charge is 2.51. The van der Waals surface area contributed by atoms with Gasteiger partial charge in [0, 0.05) is 23.6 Å². The van der Waals surface area contributed by atoms with Crippen LogP contribution in [0.3, 0.4) is 0 Å². The molecule has 0 atom stereocenters. The highest BCUT2D eigenvalue weighted by molar-refractivity contribution is 7.80. The second-order valence-electron chi connectivity index (χ2n) is 9.12. The minimum atomic E-state index is -2.26. The van der Waals surface area contributed by atoms with Crippen molar-refractivity contribution in [2.75, 3.05) is 5.32 Å². The highest BCUT2D eigenvalue weighted by atomic mass is 32.1. The van der Waals surface area contributed by atoms with Gasteiger partial charge in [-0.2, -0.15) is 0 Å². The number of rotatable bonds is 5. The van der Waals surface area contributed by atoms with Crippen molar-refractivity contribution >= 4 is 35.0 Å². The Morgan fingerprint density at radius 2 is 1.45 bits per heavy atom. The number of carbonyl (C=O) groups excluding carboxylic acids is 2. The molecule has 0 saturated carbocycles. The summed E-state index contributed by atoms with van der Waals surface area (Å²) in [4.78, 5) is 26.7. The molecule has 31 heavy (non-hydrogen) atoms. The second kappa shape index (κ2) is 8.68. The third kappa shape index (κ3) is 6.05. The summed E-state index contributed by atoms with van der Waals surface area (Å²) in [5, 5.41) is 2.83. The highest BCUT2D eigenvalue weighted by Crippen LogP contribution is 2.33. The molecule has 0 fully saturated rings. The smallest absolute Gasteiger partial charge is 0.343 e. The van der Waals surface area contributed by atoms with Crippen molar-refractivity contribution in [3.05, 3.63) is 48.3 Å². The van der Waals surface area contributed by atoms with Gasteiger partial charge >= 0.3 is 11.9 Å². The predicted octanol–water partition coefficient (Wildman–Crippen LogP) is 2.97. The fraction of sp³-hybridized carbons (Fsp3) is 0.409.